The molecule has 0 unspecified atom stereocenters. The van der Waals surface area contributed by atoms with E-state index in [9.17, 15) is 0 Å². The highest BCUT2D eigenvalue weighted by Gasteiger charge is 2.24. The highest BCUT2D eigenvalue weighted by atomic mass is 32.1. The molecule has 1 atom stereocenters. The molecule has 8 heteroatoms. The Morgan fingerprint density at radius 1 is 1.21 bits per heavy atom. The van der Waals surface area contributed by atoms with E-state index in [1.165, 1.54) is 10.4 Å². The van der Waals surface area contributed by atoms with E-state index in [2.05, 4.69) is 47.3 Å². The molecule has 0 aromatic carbocycles. The van der Waals surface area contributed by atoms with Gasteiger partial charge in [0.05, 0.1) is 23.7 Å². The van der Waals surface area contributed by atoms with E-state index in [1.54, 1.807) is 11.3 Å². The highest BCUT2D eigenvalue weighted by Crippen LogP contribution is 2.27. The summed E-state index contributed by atoms with van der Waals surface area (Å²) in [5.41, 5.74) is 4.39. The van der Waals surface area contributed by atoms with Crippen molar-refractivity contribution in [3.63, 3.8) is 0 Å². The summed E-state index contributed by atoms with van der Waals surface area (Å²) in [5.74, 6) is 0.803. The summed E-state index contributed by atoms with van der Waals surface area (Å²) in [6, 6.07) is 6.03. The standard InChI is InChI=1S/C21H28N6OS/c1-5-27-12-17(15(3)25-27)11-26-9-10-28-19(13-26)18-7-6-8-20(23-18)24-21-22-14(2)16(4)29-21/h6-8,12,19H,5,9-11,13H2,1-4H3,(H,22,23,24)/t19-/m1/s1. The molecular weight excluding hydrogens is 384 g/mol. The van der Waals surface area contributed by atoms with E-state index in [-0.39, 0.29) is 6.10 Å². The quantitative estimate of drug-likeness (QED) is 0.660. The van der Waals surface area contributed by atoms with Crippen LogP contribution in [-0.4, -0.2) is 44.3 Å². The number of hydrogen-bond donors (Lipinski definition) is 1. The van der Waals surface area contributed by atoms with Gasteiger partial charge < -0.3 is 10.1 Å². The molecule has 3 aromatic heterocycles. The number of morpholine rings is 1. The molecule has 1 aliphatic rings. The minimum atomic E-state index is -0.0354. The van der Waals surface area contributed by atoms with Crippen LogP contribution in [0.2, 0.25) is 0 Å². The number of ether oxygens (including phenoxy) is 1. The van der Waals surface area contributed by atoms with Crippen LogP contribution in [0.4, 0.5) is 10.9 Å². The van der Waals surface area contributed by atoms with Crippen molar-refractivity contribution in [2.75, 3.05) is 25.0 Å². The molecule has 3 aromatic rings. The number of aromatic nitrogens is 4. The number of hydrogen-bond acceptors (Lipinski definition) is 7. The maximum Gasteiger partial charge on any atom is 0.188 e. The number of anilines is 2. The van der Waals surface area contributed by atoms with E-state index in [0.717, 1.165) is 54.2 Å². The first-order chi connectivity index (χ1) is 14.0. The minimum Gasteiger partial charge on any atom is -0.369 e. The third-order valence-electron chi connectivity index (χ3n) is 5.28. The van der Waals surface area contributed by atoms with E-state index in [4.69, 9.17) is 9.72 Å². The normalized spacial score (nSPS) is 17.6. The molecule has 0 radical (unpaired) electrons. The van der Waals surface area contributed by atoms with Crippen LogP contribution in [0.15, 0.2) is 24.4 Å². The van der Waals surface area contributed by atoms with Gasteiger partial charge in [0.1, 0.15) is 11.9 Å². The Labute approximate surface area is 175 Å². The first-order valence-electron chi connectivity index (χ1n) is 10.1. The van der Waals surface area contributed by atoms with Crippen LogP contribution >= 0.6 is 11.3 Å². The number of pyridine rings is 1. The second kappa shape index (κ2) is 8.61. The summed E-state index contributed by atoms with van der Waals surface area (Å²) in [4.78, 5) is 13.0. The average Bonchev–Trinajstić information content (AvgIpc) is 3.23. The summed E-state index contributed by atoms with van der Waals surface area (Å²) in [6.07, 6.45) is 2.12. The zero-order valence-electron chi connectivity index (χ0n) is 17.5. The topological polar surface area (TPSA) is 68.1 Å². The molecule has 29 heavy (non-hydrogen) atoms. The zero-order valence-corrected chi connectivity index (χ0v) is 18.3. The molecule has 0 spiro atoms. The smallest absolute Gasteiger partial charge is 0.188 e. The van der Waals surface area contributed by atoms with Gasteiger partial charge in [0.15, 0.2) is 5.13 Å². The van der Waals surface area contributed by atoms with Crippen molar-refractivity contribution in [2.45, 2.75) is 46.9 Å². The third kappa shape index (κ3) is 4.66. The Bertz CT molecular complexity index is 962. The predicted molar refractivity (Wildman–Crippen MR) is 116 cm³/mol. The van der Waals surface area contributed by atoms with Crippen molar-refractivity contribution in [1.29, 1.82) is 0 Å². The Hall–Kier alpha value is -2.29. The Balaban J connectivity index is 1.44. The minimum absolute atomic E-state index is 0.0354. The molecule has 0 saturated carbocycles. The van der Waals surface area contributed by atoms with Gasteiger partial charge in [0.25, 0.3) is 0 Å². The van der Waals surface area contributed by atoms with Gasteiger partial charge in [0, 0.05) is 42.8 Å². The van der Waals surface area contributed by atoms with E-state index >= 15 is 0 Å². The number of nitrogens with zero attached hydrogens (tertiary/aromatic N) is 5. The second-order valence-electron chi connectivity index (χ2n) is 7.42. The summed E-state index contributed by atoms with van der Waals surface area (Å²) in [7, 11) is 0. The van der Waals surface area contributed by atoms with Crippen molar-refractivity contribution < 1.29 is 4.74 Å². The van der Waals surface area contributed by atoms with Gasteiger partial charge in [-0.3, -0.25) is 9.58 Å². The maximum absolute atomic E-state index is 6.05. The van der Waals surface area contributed by atoms with Crippen LogP contribution < -0.4 is 5.32 Å². The summed E-state index contributed by atoms with van der Waals surface area (Å²) in [5, 5.41) is 8.77. The Morgan fingerprint density at radius 2 is 2.07 bits per heavy atom. The van der Waals surface area contributed by atoms with Gasteiger partial charge in [-0.1, -0.05) is 6.07 Å². The number of nitrogens with one attached hydrogen (secondary N) is 1. The first kappa shape index (κ1) is 20.0. The van der Waals surface area contributed by atoms with Crippen LogP contribution in [0.25, 0.3) is 0 Å². The SMILES string of the molecule is CCn1cc(CN2CCO[C@@H](c3cccc(Nc4nc(C)c(C)s4)n3)C2)c(C)n1. The number of rotatable bonds is 6. The number of thiazole rings is 1. The molecule has 7 nitrogen and oxygen atoms in total. The molecule has 0 aliphatic carbocycles. The Kier molecular flexibility index (Phi) is 5.94. The molecule has 0 bridgehead atoms. The summed E-state index contributed by atoms with van der Waals surface area (Å²) in [6.45, 7) is 12.5. The molecule has 4 rings (SSSR count). The zero-order chi connectivity index (χ0) is 20.4. The van der Waals surface area contributed by atoms with Crippen LogP contribution in [-0.2, 0) is 17.8 Å². The molecule has 1 saturated heterocycles. The van der Waals surface area contributed by atoms with Crippen molar-refractivity contribution >= 4 is 22.3 Å². The van der Waals surface area contributed by atoms with Crippen LogP contribution in [0.3, 0.4) is 0 Å². The molecular formula is C21H28N6OS. The highest BCUT2D eigenvalue weighted by molar-refractivity contribution is 7.15. The van der Waals surface area contributed by atoms with Crippen molar-refractivity contribution in [3.05, 3.63) is 51.9 Å². The summed E-state index contributed by atoms with van der Waals surface area (Å²) < 4.78 is 8.05. The van der Waals surface area contributed by atoms with Crippen molar-refractivity contribution in [3.8, 4) is 0 Å². The molecule has 4 heterocycles. The van der Waals surface area contributed by atoms with Crippen LogP contribution in [0, 0.1) is 20.8 Å². The lowest BCUT2D eigenvalue weighted by Crippen LogP contribution is -2.38. The van der Waals surface area contributed by atoms with Crippen LogP contribution in [0.1, 0.15) is 40.6 Å². The fraction of sp³-hybridized carbons (Fsp3) is 0.476. The van der Waals surface area contributed by atoms with E-state index < -0.39 is 0 Å². The van der Waals surface area contributed by atoms with E-state index in [0.29, 0.717) is 6.61 Å². The van der Waals surface area contributed by atoms with Gasteiger partial charge in [0.2, 0.25) is 0 Å². The van der Waals surface area contributed by atoms with Gasteiger partial charge in [-0.15, -0.1) is 11.3 Å². The molecule has 1 N–H and O–H groups in total. The van der Waals surface area contributed by atoms with Gasteiger partial charge in [-0.05, 0) is 39.8 Å². The fourth-order valence-corrected chi connectivity index (χ4v) is 4.30. The average molecular weight is 413 g/mol. The molecule has 0 amide bonds. The largest absolute Gasteiger partial charge is 0.369 e. The maximum atomic E-state index is 6.05. The molecule has 1 aliphatic heterocycles. The van der Waals surface area contributed by atoms with Crippen molar-refractivity contribution in [1.82, 2.24) is 24.6 Å². The predicted octanol–water partition coefficient (Wildman–Crippen LogP) is 4.00. The van der Waals surface area contributed by atoms with Crippen molar-refractivity contribution in [2.24, 2.45) is 0 Å². The van der Waals surface area contributed by atoms with Gasteiger partial charge >= 0.3 is 0 Å². The second-order valence-corrected chi connectivity index (χ2v) is 8.63. The monoisotopic (exact) mass is 412 g/mol. The lowest BCUT2D eigenvalue weighted by Gasteiger charge is -2.32. The Morgan fingerprint density at radius 3 is 2.79 bits per heavy atom. The van der Waals surface area contributed by atoms with Gasteiger partial charge in [-0.25, -0.2) is 9.97 Å². The fourth-order valence-electron chi connectivity index (χ4n) is 3.48. The molecule has 1 fully saturated rings. The lowest BCUT2D eigenvalue weighted by molar-refractivity contribution is -0.0349. The number of aryl methyl sites for hydroxylation is 4. The molecule has 154 valence electrons. The lowest BCUT2D eigenvalue weighted by atomic mass is 10.1. The van der Waals surface area contributed by atoms with Crippen LogP contribution in [0.5, 0.6) is 0 Å². The third-order valence-corrected chi connectivity index (χ3v) is 6.27. The first-order valence-corrected chi connectivity index (χ1v) is 10.9. The van der Waals surface area contributed by atoms with Gasteiger partial charge in [-0.2, -0.15) is 5.10 Å². The van der Waals surface area contributed by atoms with E-state index in [1.807, 2.05) is 29.8 Å². The summed E-state index contributed by atoms with van der Waals surface area (Å²) >= 11 is 1.65.